The molecule has 1 saturated heterocycles. The van der Waals surface area contributed by atoms with Gasteiger partial charge in [0.25, 0.3) is 5.91 Å². The van der Waals surface area contributed by atoms with Crippen molar-refractivity contribution in [2.24, 2.45) is 0 Å². The van der Waals surface area contributed by atoms with Crippen LogP contribution in [0.25, 0.3) is 0 Å². The lowest BCUT2D eigenvalue weighted by atomic mass is 10.2. The molecule has 1 aromatic heterocycles. The zero-order valence-corrected chi connectivity index (χ0v) is 14.9. The molecular formula is C20H22F2N4O. The predicted octanol–water partition coefficient (Wildman–Crippen LogP) is 2.62. The highest BCUT2D eigenvalue weighted by Crippen LogP contribution is 2.21. The van der Waals surface area contributed by atoms with Crippen molar-refractivity contribution in [2.75, 3.05) is 18.0 Å². The summed E-state index contributed by atoms with van der Waals surface area (Å²) in [5.74, 6) is -0.873. The molecule has 0 radical (unpaired) electrons. The summed E-state index contributed by atoms with van der Waals surface area (Å²) in [5, 5.41) is 6.33. The Balaban J connectivity index is 1.29. The molecule has 4 rings (SSSR count). The first-order chi connectivity index (χ1) is 13.1. The van der Waals surface area contributed by atoms with E-state index in [1.165, 1.54) is 6.07 Å². The van der Waals surface area contributed by atoms with Crippen molar-refractivity contribution in [3.63, 3.8) is 0 Å². The summed E-state index contributed by atoms with van der Waals surface area (Å²) < 4.78 is 26.3. The summed E-state index contributed by atoms with van der Waals surface area (Å²) in [7, 11) is 0. The van der Waals surface area contributed by atoms with Gasteiger partial charge >= 0.3 is 0 Å². The molecule has 0 unspecified atom stereocenters. The van der Waals surface area contributed by atoms with Gasteiger partial charge in [-0.15, -0.1) is 0 Å². The van der Waals surface area contributed by atoms with Gasteiger partial charge < -0.3 is 15.5 Å². The van der Waals surface area contributed by atoms with Crippen molar-refractivity contribution in [2.45, 2.75) is 37.9 Å². The molecule has 27 heavy (non-hydrogen) atoms. The summed E-state index contributed by atoms with van der Waals surface area (Å²) in [5.41, 5.74) is 1.30. The van der Waals surface area contributed by atoms with E-state index in [1.54, 1.807) is 12.3 Å². The summed E-state index contributed by atoms with van der Waals surface area (Å²) in [6, 6.07) is 8.22. The van der Waals surface area contributed by atoms with Gasteiger partial charge in [-0.3, -0.25) is 4.79 Å². The number of anilines is 1. The fourth-order valence-corrected chi connectivity index (χ4v) is 3.25. The van der Waals surface area contributed by atoms with Gasteiger partial charge in [0.2, 0.25) is 0 Å². The molecule has 2 fully saturated rings. The summed E-state index contributed by atoms with van der Waals surface area (Å²) in [6.45, 7) is 2.13. The molecule has 1 aliphatic carbocycles. The average molecular weight is 372 g/mol. The van der Waals surface area contributed by atoms with E-state index in [2.05, 4.69) is 20.5 Å². The number of carbonyl (C=O) groups excluding carboxylic acids is 1. The van der Waals surface area contributed by atoms with Crippen LogP contribution in [-0.4, -0.2) is 36.1 Å². The lowest BCUT2D eigenvalue weighted by Crippen LogP contribution is -2.32. The number of carbonyl (C=O) groups is 1. The number of hydrogen-bond acceptors (Lipinski definition) is 4. The smallest absolute Gasteiger partial charge is 0.253 e. The molecule has 1 amide bonds. The monoisotopic (exact) mass is 372 g/mol. The van der Waals surface area contributed by atoms with Gasteiger partial charge in [-0.05, 0) is 49.1 Å². The maximum atomic E-state index is 13.3. The topological polar surface area (TPSA) is 57.3 Å². The van der Waals surface area contributed by atoms with Gasteiger partial charge in [0.15, 0.2) is 11.6 Å². The second-order valence-electron chi connectivity index (χ2n) is 7.21. The molecule has 2 aromatic rings. The van der Waals surface area contributed by atoms with Crippen LogP contribution in [-0.2, 0) is 6.54 Å². The van der Waals surface area contributed by atoms with Crippen LogP contribution in [0.3, 0.4) is 0 Å². The van der Waals surface area contributed by atoms with Crippen molar-refractivity contribution in [3.05, 3.63) is 59.3 Å². The maximum absolute atomic E-state index is 13.3. The van der Waals surface area contributed by atoms with E-state index in [0.717, 1.165) is 49.8 Å². The van der Waals surface area contributed by atoms with Gasteiger partial charge in [0.05, 0.1) is 5.56 Å². The molecule has 1 saturated carbocycles. The highest BCUT2D eigenvalue weighted by atomic mass is 19.2. The molecule has 0 bridgehead atoms. The number of benzene rings is 1. The second-order valence-corrected chi connectivity index (χ2v) is 7.21. The Kier molecular flexibility index (Phi) is 5.03. The largest absolute Gasteiger partial charge is 0.355 e. The van der Waals surface area contributed by atoms with Crippen LogP contribution in [0.15, 0.2) is 36.5 Å². The number of aromatic nitrogens is 1. The zero-order chi connectivity index (χ0) is 18.8. The van der Waals surface area contributed by atoms with Crippen molar-refractivity contribution in [3.8, 4) is 0 Å². The number of nitrogens with zero attached hydrogens (tertiary/aromatic N) is 2. The van der Waals surface area contributed by atoms with Crippen molar-refractivity contribution >= 4 is 11.7 Å². The standard InChI is InChI=1S/C20H22F2N4O/c21-17-5-1-13(9-18(17)22)10-23-16-7-8-26(12-16)19-6-2-14(11-24-19)20(27)25-15-3-4-15/h1-2,5-6,9,11,15-16,23H,3-4,7-8,10,12H2,(H,25,27)/t16-/m1/s1. The van der Waals surface area contributed by atoms with Crippen LogP contribution in [0, 0.1) is 11.6 Å². The second kappa shape index (κ2) is 7.60. The third kappa shape index (κ3) is 4.42. The molecule has 1 aromatic carbocycles. The minimum Gasteiger partial charge on any atom is -0.355 e. The first-order valence-electron chi connectivity index (χ1n) is 9.27. The average Bonchev–Trinajstić information content (AvgIpc) is 3.36. The van der Waals surface area contributed by atoms with Crippen LogP contribution >= 0.6 is 0 Å². The quantitative estimate of drug-likeness (QED) is 0.819. The predicted molar refractivity (Wildman–Crippen MR) is 98.5 cm³/mol. The van der Waals surface area contributed by atoms with Crippen LogP contribution < -0.4 is 15.5 Å². The van der Waals surface area contributed by atoms with E-state index in [1.807, 2.05) is 12.1 Å². The van der Waals surface area contributed by atoms with Crippen LogP contribution in [0.4, 0.5) is 14.6 Å². The van der Waals surface area contributed by atoms with E-state index >= 15 is 0 Å². The van der Waals surface area contributed by atoms with E-state index in [9.17, 15) is 13.6 Å². The third-order valence-electron chi connectivity index (χ3n) is 5.01. The number of halogens is 2. The number of amides is 1. The van der Waals surface area contributed by atoms with Gasteiger partial charge in [-0.1, -0.05) is 6.07 Å². The molecule has 2 aliphatic rings. The molecular weight excluding hydrogens is 350 g/mol. The fourth-order valence-electron chi connectivity index (χ4n) is 3.25. The highest BCUT2D eigenvalue weighted by molar-refractivity contribution is 5.94. The maximum Gasteiger partial charge on any atom is 0.253 e. The van der Waals surface area contributed by atoms with E-state index in [0.29, 0.717) is 18.2 Å². The molecule has 0 spiro atoms. The van der Waals surface area contributed by atoms with Crippen LogP contribution in [0.5, 0.6) is 0 Å². The third-order valence-corrected chi connectivity index (χ3v) is 5.01. The number of pyridine rings is 1. The molecule has 1 atom stereocenters. The SMILES string of the molecule is O=C(NC1CC1)c1ccc(N2CC[C@@H](NCc3ccc(F)c(F)c3)C2)nc1. The zero-order valence-electron chi connectivity index (χ0n) is 14.9. The van der Waals surface area contributed by atoms with Gasteiger partial charge in [-0.2, -0.15) is 0 Å². The van der Waals surface area contributed by atoms with Gasteiger partial charge in [-0.25, -0.2) is 13.8 Å². The summed E-state index contributed by atoms with van der Waals surface area (Å²) in [6.07, 6.45) is 4.68. The molecule has 142 valence electrons. The van der Waals surface area contributed by atoms with Gasteiger partial charge in [0.1, 0.15) is 5.82 Å². The van der Waals surface area contributed by atoms with E-state index < -0.39 is 11.6 Å². The number of hydrogen-bond donors (Lipinski definition) is 2. The Morgan fingerprint density at radius 1 is 1.11 bits per heavy atom. The Morgan fingerprint density at radius 2 is 1.96 bits per heavy atom. The first-order valence-corrected chi connectivity index (χ1v) is 9.27. The molecule has 7 heteroatoms. The molecule has 2 heterocycles. The van der Waals surface area contributed by atoms with Crippen molar-refractivity contribution in [1.29, 1.82) is 0 Å². The summed E-state index contributed by atoms with van der Waals surface area (Å²) >= 11 is 0. The molecule has 5 nitrogen and oxygen atoms in total. The van der Waals surface area contributed by atoms with Crippen LogP contribution in [0.2, 0.25) is 0 Å². The normalized spacial score (nSPS) is 19.3. The van der Waals surface area contributed by atoms with Crippen LogP contribution in [0.1, 0.15) is 35.2 Å². The van der Waals surface area contributed by atoms with Gasteiger partial charge in [0, 0.05) is 37.9 Å². The lowest BCUT2D eigenvalue weighted by Gasteiger charge is -2.18. The lowest BCUT2D eigenvalue weighted by molar-refractivity contribution is 0.0950. The number of nitrogens with one attached hydrogen (secondary N) is 2. The minimum absolute atomic E-state index is 0.0657. The van der Waals surface area contributed by atoms with Crippen molar-refractivity contribution in [1.82, 2.24) is 15.6 Å². The number of rotatable bonds is 6. The van der Waals surface area contributed by atoms with E-state index in [4.69, 9.17) is 0 Å². The Hall–Kier alpha value is -2.54. The first kappa shape index (κ1) is 17.9. The fraction of sp³-hybridized carbons (Fsp3) is 0.400. The van der Waals surface area contributed by atoms with E-state index in [-0.39, 0.29) is 11.9 Å². The van der Waals surface area contributed by atoms with Crippen molar-refractivity contribution < 1.29 is 13.6 Å². The Labute approximate surface area is 156 Å². The molecule has 1 aliphatic heterocycles. The summed E-state index contributed by atoms with van der Waals surface area (Å²) in [4.78, 5) is 18.6. The Morgan fingerprint density at radius 3 is 2.67 bits per heavy atom. The Bertz CT molecular complexity index is 823. The highest BCUT2D eigenvalue weighted by Gasteiger charge is 2.25. The molecule has 2 N–H and O–H groups in total. The minimum atomic E-state index is -0.828.